The Bertz CT molecular complexity index is 265. The van der Waals surface area contributed by atoms with Crippen molar-refractivity contribution < 1.29 is 4.74 Å². The summed E-state index contributed by atoms with van der Waals surface area (Å²) in [6, 6.07) is 7.44. The van der Waals surface area contributed by atoms with E-state index in [1.807, 2.05) is 31.2 Å². The third-order valence-electron chi connectivity index (χ3n) is 1.76. The Hall–Kier alpha value is -0.730. The molecule has 0 saturated heterocycles. The summed E-state index contributed by atoms with van der Waals surface area (Å²) < 4.78 is 5.48. The maximum atomic E-state index is 5.89. The molecular weight excluding hydrogens is 186 g/mol. The van der Waals surface area contributed by atoms with Gasteiger partial charge in [-0.15, -0.1) is 0 Å². The van der Waals surface area contributed by atoms with E-state index in [-0.39, 0.29) is 0 Å². The Labute approximate surface area is 83.6 Å². The highest BCUT2D eigenvalue weighted by atomic mass is 35.5. The Morgan fingerprint density at radius 1 is 1.46 bits per heavy atom. The fraction of sp³-hybridized carbons (Fsp3) is 0.400. The van der Waals surface area contributed by atoms with E-state index in [9.17, 15) is 0 Å². The van der Waals surface area contributed by atoms with Gasteiger partial charge in [0.05, 0.1) is 11.6 Å². The third kappa shape index (κ3) is 3.25. The van der Waals surface area contributed by atoms with Crippen molar-refractivity contribution in [3.8, 4) is 5.75 Å². The first-order valence-corrected chi connectivity index (χ1v) is 4.69. The van der Waals surface area contributed by atoms with Crippen molar-refractivity contribution in [1.29, 1.82) is 0 Å². The summed E-state index contributed by atoms with van der Waals surface area (Å²) in [5, 5.41) is 0.645. The van der Waals surface area contributed by atoms with Crippen LogP contribution in [0.2, 0.25) is 5.02 Å². The smallest absolute Gasteiger partial charge is 0.137 e. The van der Waals surface area contributed by atoms with Crippen LogP contribution in [0.25, 0.3) is 0 Å². The molecule has 1 unspecified atom stereocenters. The van der Waals surface area contributed by atoms with Gasteiger partial charge in [0.25, 0.3) is 0 Å². The Kier molecular flexibility index (Phi) is 4.06. The van der Waals surface area contributed by atoms with E-state index in [0.717, 1.165) is 5.75 Å². The lowest BCUT2D eigenvalue weighted by Crippen LogP contribution is -2.18. The van der Waals surface area contributed by atoms with E-state index in [0.29, 0.717) is 24.1 Å². The van der Waals surface area contributed by atoms with Crippen molar-refractivity contribution in [2.75, 3.05) is 13.2 Å². The maximum Gasteiger partial charge on any atom is 0.137 e. The first-order valence-electron chi connectivity index (χ1n) is 4.31. The highest BCUT2D eigenvalue weighted by Gasteiger charge is 2.02. The summed E-state index contributed by atoms with van der Waals surface area (Å²) >= 11 is 5.89. The minimum absolute atomic E-state index is 0.358. The second-order valence-electron chi connectivity index (χ2n) is 3.08. The molecule has 1 atom stereocenters. The fourth-order valence-electron chi connectivity index (χ4n) is 0.862. The van der Waals surface area contributed by atoms with Crippen molar-refractivity contribution in [2.45, 2.75) is 6.92 Å². The predicted molar refractivity (Wildman–Crippen MR) is 55.2 cm³/mol. The van der Waals surface area contributed by atoms with Gasteiger partial charge in [-0.2, -0.15) is 0 Å². The van der Waals surface area contributed by atoms with Crippen LogP contribution >= 0.6 is 11.6 Å². The summed E-state index contributed by atoms with van der Waals surface area (Å²) in [6.45, 7) is 3.28. The molecule has 1 aromatic rings. The van der Waals surface area contributed by atoms with Gasteiger partial charge in [-0.3, -0.25) is 0 Å². The zero-order valence-corrected chi connectivity index (χ0v) is 8.42. The number of ether oxygens (including phenoxy) is 1. The van der Waals surface area contributed by atoms with Crippen molar-refractivity contribution in [1.82, 2.24) is 0 Å². The Balaban J connectivity index is 2.50. The molecule has 2 nitrogen and oxygen atoms in total. The maximum absolute atomic E-state index is 5.89. The van der Waals surface area contributed by atoms with Crippen LogP contribution in [0.5, 0.6) is 5.75 Å². The highest BCUT2D eigenvalue weighted by Crippen LogP contribution is 2.23. The highest BCUT2D eigenvalue weighted by molar-refractivity contribution is 6.32. The third-order valence-corrected chi connectivity index (χ3v) is 2.07. The summed E-state index contributed by atoms with van der Waals surface area (Å²) in [5.74, 6) is 1.08. The van der Waals surface area contributed by atoms with E-state index in [1.54, 1.807) is 0 Å². The monoisotopic (exact) mass is 199 g/mol. The summed E-state index contributed by atoms with van der Waals surface area (Å²) in [4.78, 5) is 0. The largest absolute Gasteiger partial charge is 0.492 e. The molecule has 0 fully saturated rings. The second kappa shape index (κ2) is 5.10. The van der Waals surface area contributed by atoms with E-state index in [4.69, 9.17) is 22.1 Å². The molecule has 0 bridgehead atoms. The van der Waals surface area contributed by atoms with Crippen LogP contribution in [-0.4, -0.2) is 13.2 Å². The number of para-hydroxylation sites is 1. The Morgan fingerprint density at radius 2 is 2.15 bits per heavy atom. The van der Waals surface area contributed by atoms with Crippen LogP contribution < -0.4 is 10.5 Å². The molecule has 0 aliphatic rings. The van der Waals surface area contributed by atoms with Gasteiger partial charge in [0, 0.05) is 5.92 Å². The van der Waals surface area contributed by atoms with Gasteiger partial charge in [-0.25, -0.2) is 0 Å². The van der Waals surface area contributed by atoms with Gasteiger partial charge in [-0.1, -0.05) is 30.7 Å². The normalized spacial score (nSPS) is 12.5. The average Bonchev–Trinajstić information content (AvgIpc) is 2.16. The van der Waals surface area contributed by atoms with Gasteiger partial charge >= 0.3 is 0 Å². The number of benzene rings is 1. The fourth-order valence-corrected chi connectivity index (χ4v) is 1.05. The van der Waals surface area contributed by atoms with Crippen molar-refractivity contribution in [2.24, 2.45) is 11.7 Å². The molecule has 0 aromatic heterocycles. The van der Waals surface area contributed by atoms with Gasteiger partial charge < -0.3 is 10.5 Å². The minimum Gasteiger partial charge on any atom is -0.492 e. The van der Waals surface area contributed by atoms with Crippen LogP contribution in [0.15, 0.2) is 24.3 Å². The molecule has 13 heavy (non-hydrogen) atoms. The zero-order chi connectivity index (χ0) is 9.68. The molecule has 0 radical (unpaired) electrons. The number of hydrogen-bond acceptors (Lipinski definition) is 2. The van der Waals surface area contributed by atoms with E-state index < -0.39 is 0 Å². The summed E-state index contributed by atoms with van der Waals surface area (Å²) in [7, 11) is 0. The molecule has 0 aliphatic carbocycles. The van der Waals surface area contributed by atoms with Gasteiger partial charge in [0.15, 0.2) is 0 Å². The molecule has 0 amide bonds. The minimum atomic E-state index is 0.358. The SMILES string of the molecule is CC(CN)COc1ccccc1Cl. The topological polar surface area (TPSA) is 35.2 Å². The van der Waals surface area contributed by atoms with E-state index in [2.05, 4.69) is 0 Å². The molecule has 0 saturated carbocycles. The molecule has 72 valence electrons. The lowest BCUT2D eigenvalue weighted by atomic mass is 10.2. The summed E-state index contributed by atoms with van der Waals surface area (Å²) in [6.07, 6.45) is 0. The van der Waals surface area contributed by atoms with E-state index >= 15 is 0 Å². The summed E-state index contributed by atoms with van der Waals surface area (Å²) in [5.41, 5.74) is 5.46. The number of hydrogen-bond donors (Lipinski definition) is 1. The Morgan fingerprint density at radius 3 is 2.77 bits per heavy atom. The van der Waals surface area contributed by atoms with Crippen LogP contribution in [0, 0.1) is 5.92 Å². The quantitative estimate of drug-likeness (QED) is 0.808. The van der Waals surface area contributed by atoms with Gasteiger partial charge in [0.2, 0.25) is 0 Å². The lowest BCUT2D eigenvalue weighted by molar-refractivity contribution is 0.264. The average molecular weight is 200 g/mol. The zero-order valence-electron chi connectivity index (χ0n) is 7.66. The second-order valence-corrected chi connectivity index (χ2v) is 3.49. The number of rotatable bonds is 4. The molecule has 2 N–H and O–H groups in total. The van der Waals surface area contributed by atoms with Gasteiger partial charge in [-0.05, 0) is 18.7 Å². The standard InChI is InChI=1S/C10H14ClNO/c1-8(6-12)7-13-10-5-3-2-4-9(10)11/h2-5,8H,6-7,12H2,1H3. The first kappa shape index (κ1) is 10.4. The first-order chi connectivity index (χ1) is 6.24. The van der Waals surface area contributed by atoms with Crippen molar-refractivity contribution in [3.63, 3.8) is 0 Å². The number of halogens is 1. The predicted octanol–water partition coefficient (Wildman–Crippen LogP) is 2.31. The van der Waals surface area contributed by atoms with E-state index in [1.165, 1.54) is 0 Å². The molecule has 0 spiro atoms. The molecule has 1 aromatic carbocycles. The molecular formula is C10H14ClNO. The van der Waals surface area contributed by atoms with Crippen LogP contribution in [0.1, 0.15) is 6.92 Å². The lowest BCUT2D eigenvalue weighted by Gasteiger charge is -2.11. The van der Waals surface area contributed by atoms with Crippen LogP contribution in [0.3, 0.4) is 0 Å². The molecule has 0 aliphatic heterocycles. The van der Waals surface area contributed by atoms with Crippen LogP contribution in [0.4, 0.5) is 0 Å². The molecule has 1 rings (SSSR count). The van der Waals surface area contributed by atoms with Gasteiger partial charge in [0.1, 0.15) is 5.75 Å². The van der Waals surface area contributed by atoms with Crippen molar-refractivity contribution >= 4 is 11.6 Å². The number of nitrogens with two attached hydrogens (primary N) is 1. The molecule has 3 heteroatoms. The van der Waals surface area contributed by atoms with Crippen LogP contribution in [-0.2, 0) is 0 Å². The molecule has 0 heterocycles. The van der Waals surface area contributed by atoms with Crippen molar-refractivity contribution in [3.05, 3.63) is 29.3 Å².